The normalized spacial score (nSPS) is 16.5. The smallest absolute Gasteiger partial charge is 0.188 e. The molecule has 0 aliphatic carbocycles. The molecule has 1 unspecified atom stereocenters. The first-order valence-electron chi connectivity index (χ1n) is 6.92. The Kier molecular flexibility index (Phi) is 4.38. The second-order valence-corrected chi connectivity index (χ2v) is 4.87. The van der Waals surface area contributed by atoms with Gasteiger partial charge in [-0.2, -0.15) is 0 Å². The number of hydrogen-bond acceptors (Lipinski definition) is 4. The third-order valence-electron chi connectivity index (χ3n) is 3.22. The quantitative estimate of drug-likeness (QED) is 0.579. The average Bonchev–Trinajstić information content (AvgIpc) is 3.36. The zero-order valence-electron chi connectivity index (χ0n) is 12.0. The Morgan fingerprint density at radius 3 is 1.90 bits per heavy atom. The summed E-state index contributed by atoms with van der Waals surface area (Å²) < 4.78 is 21.0. The summed E-state index contributed by atoms with van der Waals surface area (Å²) in [5.74, 6) is 1.67. The molecular weight excluding hydrogens is 268 g/mol. The minimum Gasteiger partial charge on any atom is -0.491 e. The summed E-state index contributed by atoms with van der Waals surface area (Å²) in [5.41, 5.74) is 2.28. The van der Waals surface area contributed by atoms with Crippen molar-refractivity contribution < 1.29 is 18.9 Å². The van der Waals surface area contributed by atoms with Gasteiger partial charge in [-0.05, 0) is 35.4 Å². The van der Waals surface area contributed by atoms with Crippen molar-refractivity contribution in [3.63, 3.8) is 0 Å². The molecular formula is C17H18O4. The van der Waals surface area contributed by atoms with E-state index in [9.17, 15) is 0 Å². The van der Waals surface area contributed by atoms with E-state index < -0.39 is 0 Å². The van der Waals surface area contributed by atoms with Gasteiger partial charge in [0.2, 0.25) is 0 Å². The van der Waals surface area contributed by atoms with Crippen LogP contribution in [0.3, 0.4) is 0 Å². The highest BCUT2D eigenvalue weighted by molar-refractivity contribution is 5.64. The molecule has 0 amide bonds. The zero-order chi connectivity index (χ0) is 14.5. The van der Waals surface area contributed by atoms with E-state index in [1.54, 1.807) is 7.11 Å². The van der Waals surface area contributed by atoms with Crippen LogP contribution in [0.25, 0.3) is 11.1 Å². The summed E-state index contributed by atoms with van der Waals surface area (Å²) in [4.78, 5) is 0. The molecule has 1 fully saturated rings. The monoisotopic (exact) mass is 286 g/mol. The van der Waals surface area contributed by atoms with Crippen LogP contribution in [0.5, 0.6) is 11.5 Å². The van der Waals surface area contributed by atoms with E-state index in [0.717, 1.165) is 29.2 Å². The molecule has 1 saturated heterocycles. The molecule has 4 nitrogen and oxygen atoms in total. The predicted molar refractivity (Wildman–Crippen MR) is 79.6 cm³/mol. The molecule has 1 heterocycles. The van der Waals surface area contributed by atoms with Crippen LogP contribution >= 0.6 is 0 Å². The highest BCUT2D eigenvalue weighted by Crippen LogP contribution is 2.25. The first kappa shape index (κ1) is 13.9. The van der Waals surface area contributed by atoms with Gasteiger partial charge in [-0.1, -0.05) is 24.3 Å². The molecule has 0 spiro atoms. The number of rotatable bonds is 7. The van der Waals surface area contributed by atoms with Gasteiger partial charge in [0.05, 0.1) is 6.61 Å². The van der Waals surface area contributed by atoms with Crippen molar-refractivity contribution >= 4 is 0 Å². The highest BCUT2D eigenvalue weighted by atomic mass is 16.7. The van der Waals surface area contributed by atoms with E-state index in [2.05, 4.69) is 0 Å². The Labute approximate surface area is 124 Å². The van der Waals surface area contributed by atoms with E-state index in [0.29, 0.717) is 6.61 Å². The van der Waals surface area contributed by atoms with Gasteiger partial charge in [0.25, 0.3) is 0 Å². The molecule has 2 aromatic rings. The van der Waals surface area contributed by atoms with Crippen LogP contribution in [0.15, 0.2) is 48.5 Å². The molecule has 21 heavy (non-hydrogen) atoms. The van der Waals surface area contributed by atoms with E-state index in [1.807, 2.05) is 48.5 Å². The van der Waals surface area contributed by atoms with Crippen LogP contribution in [0, 0.1) is 0 Å². The zero-order valence-corrected chi connectivity index (χ0v) is 12.0. The predicted octanol–water partition coefficient (Wildman–Crippen LogP) is 3.11. The first-order valence-corrected chi connectivity index (χ1v) is 6.92. The number of benzene rings is 2. The lowest BCUT2D eigenvalue weighted by atomic mass is 10.1. The molecule has 0 aromatic heterocycles. The van der Waals surface area contributed by atoms with Crippen LogP contribution in [0.4, 0.5) is 0 Å². The van der Waals surface area contributed by atoms with Crippen LogP contribution < -0.4 is 9.47 Å². The molecule has 2 aromatic carbocycles. The Morgan fingerprint density at radius 2 is 1.43 bits per heavy atom. The molecule has 1 aliphatic rings. The molecule has 1 aliphatic heterocycles. The lowest BCUT2D eigenvalue weighted by molar-refractivity contribution is 0.0511. The standard InChI is InChI=1S/C17H18O4/c1-18-12-21-16-8-4-14(5-9-16)13-2-6-15(7-3-13)19-10-17-11-20-17/h2-9,17H,10-12H2,1H3. The summed E-state index contributed by atoms with van der Waals surface area (Å²) in [6, 6.07) is 16.0. The maximum Gasteiger partial charge on any atom is 0.188 e. The minimum absolute atomic E-state index is 0.260. The Balaban J connectivity index is 1.62. The van der Waals surface area contributed by atoms with Crippen LogP contribution in [0.1, 0.15) is 0 Å². The van der Waals surface area contributed by atoms with E-state index in [-0.39, 0.29) is 12.9 Å². The lowest BCUT2D eigenvalue weighted by Gasteiger charge is -2.08. The summed E-state index contributed by atoms with van der Waals surface area (Å²) in [6.45, 7) is 1.70. The molecule has 0 N–H and O–H groups in total. The highest BCUT2D eigenvalue weighted by Gasteiger charge is 2.22. The second-order valence-electron chi connectivity index (χ2n) is 4.87. The average molecular weight is 286 g/mol. The summed E-state index contributed by atoms with van der Waals surface area (Å²) in [5, 5.41) is 0. The van der Waals surface area contributed by atoms with Gasteiger partial charge in [-0.3, -0.25) is 0 Å². The molecule has 1 atom stereocenters. The maximum absolute atomic E-state index is 5.63. The Morgan fingerprint density at radius 1 is 0.905 bits per heavy atom. The van der Waals surface area contributed by atoms with Crippen molar-refractivity contribution in [3.05, 3.63) is 48.5 Å². The number of epoxide rings is 1. The fourth-order valence-corrected chi connectivity index (χ4v) is 1.97. The summed E-state index contributed by atoms with van der Waals surface area (Å²) in [6.07, 6.45) is 0.282. The van der Waals surface area contributed by atoms with Gasteiger partial charge in [-0.25, -0.2) is 0 Å². The molecule has 4 heteroatoms. The minimum atomic E-state index is 0.260. The van der Waals surface area contributed by atoms with Crippen LogP contribution in [-0.2, 0) is 9.47 Å². The number of hydrogen-bond donors (Lipinski definition) is 0. The fourth-order valence-electron chi connectivity index (χ4n) is 1.97. The van der Waals surface area contributed by atoms with Crippen molar-refractivity contribution in [1.82, 2.24) is 0 Å². The van der Waals surface area contributed by atoms with Crippen molar-refractivity contribution in [3.8, 4) is 22.6 Å². The molecule has 0 saturated carbocycles. The summed E-state index contributed by atoms with van der Waals surface area (Å²) in [7, 11) is 1.60. The molecule has 110 valence electrons. The molecule has 0 bridgehead atoms. The van der Waals surface area contributed by atoms with Gasteiger partial charge in [0, 0.05) is 7.11 Å². The number of methoxy groups -OCH3 is 1. The molecule has 0 radical (unpaired) electrons. The molecule has 3 rings (SSSR count). The van der Waals surface area contributed by atoms with Crippen LogP contribution in [-0.4, -0.2) is 33.2 Å². The van der Waals surface area contributed by atoms with Crippen LogP contribution in [0.2, 0.25) is 0 Å². The van der Waals surface area contributed by atoms with Gasteiger partial charge in [0.1, 0.15) is 24.2 Å². The Hall–Kier alpha value is -2.04. The summed E-state index contributed by atoms with van der Waals surface area (Å²) >= 11 is 0. The number of ether oxygens (including phenoxy) is 4. The van der Waals surface area contributed by atoms with E-state index >= 15 is 0 Å². The maximum atomic E-state index is 5.63. The van der Waals surface area contributed by atoms with Crippen molar-refractivity contribution in [2.75, 3.05) is 27.1 Å². The van der Waals surface area contributed by atoms with Crippen molar-refractivity contribution in [2.24, 2.45) is 0 Å². The first-order chi connectivity index (χ1) is 10.3. The van der Waals surface area contributed by atoms with Gasteiger partial charge in [0.15, 0.2) is 6.79 Å². The third-order valence-corrected chi connectivity index (χ3v) is 3.22. The fraction of sp³-hybridized carbons (Fsp3) is 0.294. The van der Waals surface area contributed by atoms with E-state index in [4.69, 9.17) is 18.9 Å². The second kappa shape index (κ2) is 6.61. The van der Waals surface area contributed by atoms with Gasteiger partial charge >= 0.3 is 0 Å². The SMILES string of the molecule is COCOc1ccc(-c2ccc(OCC3CO3)cc2)cc1. The van der Waals surface area contributed by atoms with E-state index in [1.165, 1.54) is 0 Å². The lowest BCUT2D eigenvalue weighted by Crippen LogP contribution is -2.03. The third kappa shape index (κ3) is 3.97. The van der Waals surface area contributed by atoms with Crippen molar-refractivity contribution in [2.45, 2.75) is 6.10 Å². The van der Waals surface area contributed by atoms with Gasteiger partial charge in [-0.15, -0.1) is 0 Å². The van der Waals surface area contributed by atoms with Gasteiger partial charge < -0.3 is 18.9 Å². The Bertz CT molecular complexity index is 558. The topological polar surface area (TPSA) is 40.2 Å². The van der Waals surface area contributed by atoms with Crippen molar-refractivity contribution in [1.29, 1.82) is 0 Å². The largest absolute Gasteiger partial charge is 0.491 e.